The second-order valence-electron chi connectivity index (χ2n) is 5.48. The van der Waals surface area contributed by atoms with Gasteiger partial charge in [-0.2, -0.15) is 0 Å². The van der Waals surface area contributed by atoms with E-state index in [1.807, 2.05) is 11.8 Å². The maximum atomic E-state index is 4.63. The predicted molar refractivity (Wildman–Crippen MR) is 78.9 cm³/mol. The van der Waals surface area contributed by atoms with Gasteiger partial charge in [0.2, 0.25) is 0 Å². The topological polar surface area (TPSA) is 27.6 Å². The monoisotopic (exact) mass is 257 g/mol. The summed E-state index contributed by atoms with van der Waals surface area (Å²) in [5.74, 6) is 1.96. The van der Waals surface area contributed by atoms with E-state index in [0.717, 1.165) is 12.5 Å². The number of aliphatic imine (C=N–C) groups is 1. The van der Waals surface area contributed by atoms with Gasteiger partial charge in [-0.15, -0.1) is 0 Å². The van der Waals surface area contributed by atoms with Crippen LogP contribution in [-0.2, 0) is 0 Å². The van der Waals surface area contributed by atoms with Crippen molar-refractivity contribution in [2.24, 2.45) is 10.9 Å². The van der Waals surface area contributed by atoms with E-state index in [9.17, 15) is 0 Å². The number of nitrogens with zero attached hydrogens (tertiary/aromatic N) is 2. The maximum absolute atomic E-state index is 4.63. The van der Waals surface area contributed by atoms with Crippen molar-refractivity contribution < 1.29 is 0 Å². The minimum atomic E-state index is 0.639. The summed E-state index contributed by atoms with van der Waals surface area (Å²) < 4.78 is 0. The number of nitrogens with one attached hydrogen (secondary N) is 1. The second-order valence-corrected chi connectivity index (χ2v) is 6.49. The molecule has 17 heavy (non-hydrogen) atoms. The number of amidine groups is 1. The predicted octanol–water partition coefficient (Wildman–Crippen LogP) is 2.44. The Bertz CT molecular complexity index is 239. The molecule has 1 atom stereocenters. The standard InChI is InChI=1S/C13H27N3S/c1-11(2)9-12-10-17-13(15-12)14-7-5-6-8-16(3)4/h11-12H,5-10H2,1-4H3,(H,14,15). The molecule has 0 bridgehead atoms. The van der Waals surface area contributed by atoms with Gasteiger partial charge in [0.15, 0.2) is 5.17 Å². The quantitative estimate of drug-likeness (QED) is 0.710. The molecule has 1 heterocycles. The molecule has 100 valence electrons. The molecule has 1 aliphatic heterocycles. The van der Waals surface area contributed by atoms with Gasteiger partial charge in [0.05, 0.1) is 0 Å². The lowest BCUT2D eigenvalue weighted by molar-refractivity contribution is 0.396. The van der Waals surface area contributed by atoms with Crippen LogP contribution in [-0.4, -0.2) is 49.0 Å². The van der Waals surface area contributed by atoms with Crippen molar-refractivity contribution in [2.45, 2.75) is 39.2 Å². The van der Waals surface area contributed by atoms with Gasteiger partial charge in [0.25, 0.3) is 0 Å². The van der Waals surface area contributed by atoms with Gasteiger partial charge < -0.3 is 10.2 Å². The molecular weight excluding hydrogens is 230 g/mol. The van der Waals surface area contributed by atoms with E-state index in [1.54, 1.807) is 0 Å². The van der Waals surface area contributed by atoms with Crippen LogP contribution in [0.15, 0.2) is 4.99 Å². The molecule has 1 aliphatic rings. The van der Waals surface area contributed by atoms with Crippen molar-refractivity contribution in [2.75, 3.05) is 32.9 Å². The average Bonchev–Trinajstić information content (AvgIpc) is 2.63. The average molecular weight is 257 g/mol. The molecule has 1 rings (SSSR count). The van der Waals surface area contributed by atoms with Crippen LogP contribution in [0.25, 0.3) is 0 Å². The Morgan fingerprint density at radius 3 is 2.82 bits per heavy atom. The lowest BCUT2D eigenvalue weighted by Gasteiger charge is -2.11. The molecule has 0 saturated carbocycles. The third kappa shape index (κ3) is 6.94. The Labute approximate surface area is 110 Å². The summed E-state index contributed by atoms with van der Waals surface area (Å²) in [5, 5.41) is 4.69. The second kappa shape index (κ2) is 7.98. The van der Waals surface area contributed by atoms with Crippen molar-refractivity contribution in [3.8, 4) is 0 Å². The fourth-order valence-electron chi connectivity index (χ4n) is 1.95. The number of thioether (sulfide) groups is 1. The zero-order chi connectivity index (χ0) is 12.7. The molecular formula is C13H27N3S. The summed E-state index contributed by atoms with van der Waals surface area (Å²) in [4.78, 5) is 6.86. The first kappa shape index (κ1) is 14.8. The van der Waals surface area contributed by atoms with Crippen LogP contribution < -0.4 is 5.32 Å². The van der Waals surface area contributed by atoms with Crippen LogP contribution in [0.1, 0.15) is 33.1 Å². The summed E-state index contributed by atoms with van der Waals surface area (Å²) >= 11 is 1.89. The third-order valence-corrected chi connectivity index (χ3v) is 3.86. The third-order valence-electron chi connectivity index (χ3n) is 2.77. The summed E-state index contributed by atoms with van der Waals surface area (Å²) in [6, 6.07) is 0.639. The number of hydrogen-bond donors (Lipinski definition) is 1. The highest BCUT2D eigenvalue weighted by molar-refractivity contribution is 8.14. The Kier molecular flexibility index (Phi) is 6.97. The normalized spacial score (nSPS) is 22.7. The largest absolute Gasteiger partial charge is 0.361 e. The van der Waals surface area contributed by atoms with E-state index >= 15 is 0 Å². The molecule has 0 aromatic carbocycles. The van der Waals surface area contributed by atoms with Gasteiger partial charge in [-0.05, 0) is 45.8 Å². The molecule has 0 aromatic rings. The van der Waals surface area contributed by atoms with E-state index in [-0.39, 0.29) is 0 Å². The van der Waals surface area contributed by atoms with Crippen molar-refractivity contribution in [3.63, 3.8) is 0 Å². The molecule has 1 fully saturated rings. The minimum absolute atomic E-state index is 0.639. The van der Waals surface area contributed by atoms with Crippen LogP contribution in [0.2, 0.25) is 0 Å². The number of hydrogen-bond acceptors (Lipinski definition) is 3. The van der Waals surface area contributed by atoms with E-state index in [2.05, 4.69) is 43.2 Å². The molecule has 1 unspecified atom stereocenters. The van der Waals surface area contributed by atoms with E-state index < -0.39 is 0 Å². The van der Waals surface area contributed by atoms with Crippen LogP contribution in [0, 0.1) is 5.92 Å². The first-order valence-electron chi connectivity index (χ1n) is 6.66. The molecule has 0 aliphatic carbocycles. The molecule has 1 saturated heterocycles. The fraction of sp³-hybridized carbons (Fsp3) is 0.923. The number of unbranched alkanes of at least 4 members (excludes halogenated alkanes) is 1. The molecule has 0 amide bonds. The summed E-state index contributed by atoms with van der Waals surface area (Å²) in [6.45, 7) is 6.70. The van der Waals surface area contributed by atoms with Gasteiger partial charge in [-0.25, -0.2) is 0 Å². The van der Waals surface area contributed by atoms with Gasteiger partial charge in [0, 0.05) is 18.3 Å². The zero-order valence-corrected chi connectivity index (χ0v) is 12.5. The van der Waals surface area contributed by atoms with Crippen LogP contribution in [0.3, 0.4) is 0 Å². The van der Waals surface area contributed by atoms with Gasteiger partial charge >= 0.3 is 0 Å². The number of rotatable bonds is 7. The van der Waals surface area contributed by atoms with Crippen molar-refractivity contribution in [3.05, 3.63) is 0 Å². The highest BCUT2D eigenvalue weighted by atomic mass is 32.2. The lowest BCUT2D eigenvalue weighted by atomic mass is 10.1. The lowest BCUT2D eigenvalue weighted by Crippen LogP contribution is -2.28. The molecule has 0 spiro atoms. The molecule has 0 radical (unpaired) electrons. The fourth-order valence-corrected chi connectivity index (χ4v) is 2.96. The van der Waals surface area contributed by atoms with E-state index in [4.69, 9.17) is 0 Å². The van der Waals surface area contributed by atoms with Crippen molar-refractivity contribution in [1.82, 2.24) is 10.2 Å². The van der Waals surface area contributed by atoms with Gasteiger partial charge in [-0.3, -0.25) is 4.99 Å². The highest BCUT2D eigenvalue weighted by Gasteiger charge is 2.20. The molecule has 4 heteroatoms. The molecule has 0 aromatic heterocycles. The highest BCUT2D eigenvalue weighted by Crippen LogP contribution is 2.18. The maximum Gasteiger partial charge on any atom is 0.156 e. The SMILES string of the molecule is CC(C)CC1CSC(=NCCCCN(C)C)N1. The summed E-state index contributed by atoms with van der Waals surface area (Å²) in [7, 11) is 4.24. The van der Waals surface area contributed by atoms with E-state index in [1.165, 1.54) is 36.7 Å². The Morgan fingerprint density at radius 2 is 2.18 bits per heavy atom. The summed E-state index contributed by atoms with van der Waals surface area (Å²) in [5.41, 5.74) is 0. The smallest absolute Gasteiger partial charge is 0.156 e. The Morgan fingerprint density at radius 1 is 1.41 bits per heavy atom. The molecule has 3 nitrogen and oxygen atoms in total. The summed E-state index contributed by atoms with van der Waals surface area (Å²) in [6.07, 6.45) is 3.69. The first-order valence-corrected chi connectivity index (χ1v) is 7.65. The van der Waals surface area contributed by atoms with E-state index in [0.29, 0.717) is 6.04 Å². The minimum Gasteiger partial charge on any atom is -0.361 e. The first-order chi connectivity index (χ1) is 8.08. The Hall–Kier alpha value is -0.220. The van der Waals surface area contributed by atoms with Crippen molar-refractivity contribution >= 4 is 16.9 Å². The van der Waals surface area contributed by atoms with Crippen LogP contribution in [0.4, 0.5) is 0 Å². The zero-order valence-electron chi connectivity index (χ0n) is 11.7. The van der Waals surface area contributed by atoms with Gasteiger partial charge in [0.1, 0.15) is 0 Å². The molecule has 1 N–H and O–H groups in total. The van der Waals surface area contributed by atoms with Crippen LogP contribution in [0.5, 0.6) is 0 Å². The Balaban J connectivity index is 2.11. The van der Waals surface area contributed by atoms with Gasteiger partial charge in [-0.1, -0.05) is 25.6 Å². The van der Waals surface area contributed by atoms with Crippen molar-refractivity contribution in [1.29, 1.82) is 0 Å². The van der Waals surface area contributed by atoms with Crippen LogP contribution >= 0.6 is 11.8 Å².